The third-order valence-electron chi connectivity index (χ3n) is 7.71. The van der Waals surface area contributed by atoms with Crippen molar-refractivity contribution in [1.29, 1.82) is 0 Å². The van der Waals surface area contributed by atoms with Gasteiger partial charge in [0, 0.05) is 48.0 Å². The second kappa shape index (κ2) is 10.8. The maximum atomic E-state index is 13.5. The molecule has 2 aliphatic rings. The number of carbonyl (C=O) groups is 2. The van der Waals surface area contributed by atoms with Crippen molar-refractivity contribution in [2.24, 2.45) is 16.8 Å². The Kier molecular flexibility index (Phi) is 7.89. The number of aromatic nitrogens is 1. The molecule has 1 fully saturated rings. The molecule has 2 aliphatic heterocycles. The monoisotopic (exact) mass is 528 g/mol. The summed E-state index contributed by atoms with van der Waals surface area (Å²) in [6.07, 6.45) is 3.25. The lowest BCUT2D eigenvalue weighted by molar-refractivity contribution is -0.121. The lowest BCUT2D eigenvalue weighted by Gasteiger charge is -2.35. The molecule has 0 saturated carbocycles. The highest BCUT2D eigenvalue weighted by atomic mass is 32.2. The Balaban J connectivity index is 1.57. The molecule has 4 rings (SSSR count). The van der Waals surface area contributed by atoms with Gasteiger partial charge >= 0.3 is 0 Å². The Labute approximate surface area is 218 Å². The van der Waals surface area contributed by atoms with Crippen molar-refractivity contribution in [2.75, 3.05) is 32.5 Å². The molecular weight excluding hydrogens is 492 g/mol. The molecule has 1 aromatic heterocycles. The molecule has 200 valence electrons. The van der Waals surface area contributed by atoms with E-state index < -0.39 is 15.9 Å². The van der Waals surface area contributed by atoms with Crippen molar-refractivity contribution in [2.45, 2.75) is 46.6 Å². The third kappa shape index (κ3) is 5.22. The van der Waals surface area contributed by atoms with Crippen molar-refractivity contribution >= 4 is 38.5 Å². The van der Waals surface area contributed by atoms with Crippen LogP contribution in [-0.4, -0.2) is 67.3 Å². The predicted octanol–water partition coefficient (Wildman–Crippen LogP) is 3.45. The van der Waals surface area contributed by atoms with Crippen LogP contribution in [0.2, 0.25) is 0 Å². The summed E-state index contributed by atoms with van der Waals surface area (Å²) in [4.78, 5) is 30.0. The van der Waals surface area contributed by atoms with E-state index in [-0.39, 0.29) is 36.1 Å². The van der Waals surface area contributed by atoms with E-state index in [9.17, 15) is 18.0 Å². The average molecular weight is 529 g/mol. The zero-order valence-electron chi connectivity index (χ0n) is 22.2. The van der Waals surface area contributed by atoms with Gasteiger partial charge in [-0.05, 0) is 58.6 Å². The molecule has 0 bridgehead atoms. The molecule has 0 radical (unpaired) electrons. The minimum atomic E-state index is -3.18. The quantitative estimate of drug-likeness (QED) is 0.564. The van der Waals surface area contributed by atoms with E-state index in [4.69, 9.17) is 4.74 Å². The average Bonchev–Trinajstić information content (AvgIpc) is 3.18. The van der Waals surface area contributed by atoms with Gasteiger partial charge in [0.1, 0.15) is 11.7 Å². The number of amides is 2. The van der Waals surface area contributed by atoms with Crippen LogP contribution in [0, 0.1) is 18.8 Å². The first kappa shape index (κ1) is 27.1. The SMILES string of the molecule is CCS(=O)(=O)N1CCC([C@@H](C)n2c(C)c(C(=O)NCC3C(=O)N=C(C)C=C3OC)c3ccccc32)CC1. The number of carbonyl (C=O) groups excluding carboxylic acids is 2. The summed E-state index contributed by atoms with van der Waals surface area (Å²) in [5.74, 6) is -0.354. The zero-order valence-corrected chi connectivity index (χ0v) is 23.0. The first-order chi connectivity index (χ1) is 17.6. The van der Waals surface area contributed by atoms with Crippen molar-refractivity contribution in [3.8, 4) is 0 Å². The number of hydrogen-bond acceptors (Lipinski definition) is 5. The Hall–Kier alpha value is -2.98. The van der Waals surface area contributed by atoms with Gasteiger partial charge in [0.05, 0.1) is 18.4 Å². The molecule has 2 amide bonds. The van der Waals surface area contributed by atoms with Gasteiger partial charge in [-0.3, -0.25) is 9.59 Å². The number of benzene rings is 1. The minimum Gasteiger partial charge on any atom is -0.500 e. The first-order valence-electron chi connectivity index (χ1n) is 12.8. The molecule has 1 N–H and O–H groups in total. The van der Waals surface area contributed by atoms with Gasteiger partial charge in [0.2, 0.25) is 10.0 Å². The predicted molar refractivity (Wildman–Crippen MR) is 144 cm³/mol. The highest BCUT2D eigenvalue weighted by Gasteiger charge is 2.33. The summed E-state index contributed by atoms with van der Waals surface area (Å²) in [7, 11) is -1.68. The number of para-hydroxylation sites is 1. The van der Waals surface area contributed by atoms with Crippen LogP contribution in [-0.2, 0) is 19.6 Å². The molecule has 9 nitrogen and oxygen atoms in total. The van der Waals surface area contributed by atoms with Crippen LogP contribution in [0.3, 0.4) is 0 Å². The van der Waals surface area contributed by atoms with Crippen molar-refractivity contribution < 1.29 is 22.7 Å². The fraction of sp³-hybridized carbons (Fsp3) is 0.519. The van der Waals surface area contributed by atoms with Gasteiger partial charge < -0.3 is 14.6 Å². The van der Waals surface area contributed by atoms with Crippen LogP contribution in [0.25, 0.3) is 10.9 Å². The Morgan fingerprint density at radius 3 is 2.54 bits per heavy atom. The number of fused-ring (bicyclic) bond motifs is 1. The van der Waals surface area contributed by atoms with E-state index in [1.54, 1.807) is 24.2 Å². The number of dihydropyridines is 1. The van der Waals surface area contributed by atoms with Gasteiger partial charge in [-0.25, -0.2) is 17.7 Å². The number of rotatable bonds is 8. The van der Waals surface area contributed by atoms with Crippen LogP contribution in [0.1, 0.15) is 55.7 Å². The molecule has 37 heavy (non-hydrogen) atoms. The number of nitrogens with one attached hydrogen (secondary N) is 1. The lowest BCUT2D eigenvalue weighted by atomic mass is 9.91. The molecule has 0 spiro atoms. The number of methoxy groups -OCH3 is 1. The molecule has 2 atom stereocenters. The molecule has 0 aliphatic carbocycles. The molecular formula is C27H36N4O5S. The van der Waals surface area contributed by atoms with Crippen molar-refractivity contribution in [1.82, 2.24) is 14.2 Å². The number of aliphatic imine (C=N–C) groups is 1. The van der Waals surface area contributed by atoms with Crippen LogP contribution in [0.15, 0.2) is 41.1 Å². The number of sulfonamides is 1. The van der Waals surface area contributed by atoms with E-state index >= 15 is 0 Å². The number of allylic oxidation sites excluding steroid dienone is 1. The fourth-order valence-electron chi connectivity index (χ4n) is 5.62. The Bertz CT molecular complexity index is 1370. The Morgan fingerprint density at radius 1 is 1.22 bits per heavy atom. The molecule has 1 saturated heterocycles. The zero-order chi connectivity index (χ0) is 26.9. The maximum absolute atomic E-state index is 13.5. The van der Waals surface area contributed by atoms with E-state index in [0.29, 0.717) is 30.1 Å². The molecule has 1 unspecified atom stereocenters. The van der Waals surface area contributed by atoms with Crippen LogP contribution >= 0.6 is 0 Å². The normalized spacial score (nSPS) is 20.5. The largest absolute Gasteiger partial charge is 0.500 e. The maximum Gasteiger partial charge on any atom is 0.258 e. The van der Waals surface area contributed by atoms with Gasteiger partial charge in [-0.1, -0.05) is 18.2 Å². The topological polar surface area (TPSA) is 110 Å². The standard InChI is InChI=1S/C27H36N4O5S/c1-6-37(34,35)30-13-11-20(12-14-30)18(3)31-19(4)25(21-9-7-8-10-23(21)31)27(33)28-16-22-24(36-5)15-17(2)29-26(22)32/h7-10,15,18,20,22H,6,11-14,16H2,1-5H3,(H,28,33)/t18-,22?/m1/s1. The third-order valence-corrected chi connectivity index (χ3v) is 9.59. The first-order valence-corrected chi connectivity index (χ1v) is 14.4. The summed E-state index contributed by atoms with van der Waals surface area (Å²) in [6, 6.07) is 7.91. The summed E-state index contributed by atoms with van der Waals surface area (Å²) < 4.78 is 33.8. The van der Waals surface area contributed by atoms with E-state index in [2.05, 4.69) is 21.8 Å². The Morgan fingerprint density at radius 2 is 1.89 bits per heavy atom. The summed E-state index contributed by atoms with van der Waals surface area (Å²) in [5, 5.41) is 3.78. The highest BCUT2D eigenvalue weighted by Crippen LogP contribution is 2.36. The van der Waals surface area contributed by atoms with Crippen LogP contribution in [0.4, 0.5) is 0 Å². The van der Waals surface area contributed by atoms with Crippen molar-refractivity contribution in [3.63, 3.8) is 0 Å². The summed E-state index contributed by atoms with van der Waals surface area (Å²) >= 11 is 0. The van der Waals surface area contributed by atoms with Gasteiger partial charge in [0.15, 0.2) is 0 Å². The van der Waals surface area contributed by atoms with Crippen LogP contribution in [0.5, 0.6) is 0 Å². The van der Waals surface area contributed by atoms with E-state index in [1.807, 2.05) is 31.2 Å². The van der Waals surface area contributed by atoms with Gasteiger partial charge in [0.25, 0.3) is 11.8 Å². The van der Waals surface area contributed by atoms with Gasteiger partial charge in [-0.2, -0.15) is 0 Å². The summed E-state index contributed by atoms with van der Waals surface area (Å²) in [6.45, 7) is 8.63. The second-order valence-electron chi connectivity index (χ2n) is 9.83. The summed E-state index contributed by atoms with van der Waals surface area (Å²) in [5.41, 5.74) is 2.98. The number of ether oxygens (including phenoxy) is 1. The minimum absolute atomic E-state index is 0.0817. The van der Waals surface area contributed by atoms with E-state index in [1.165, 1.54) is 7.11 Å². The second-order valence-corrected chi connectivity index (χ2v) is 12.1. The molecule has 3 heterocycles. The van der Waals surface area contributed by atoms with E-state index in [0.717, 1.165) is 29.4 Å². The molecule has 1 aromatic carbocycles. The number of nitrogens with zero attached hydrogens (tertiary/aromatic N) is 3. The fourth-order valence-corrected chi connectivity index (χ4v) is 6.75. The number of hydrogen-bond donors (Lipinski definition) is 1. The lowest BCUT2D eigenvalue weighted by Crippen LogP contribution is -2.40. The van der Waals surface area contributed by atoms with Crippen molar-refractivity contribution in [3.05, 3.63) is 47.4 Å². The van der Waals surface area contributed by atoms with Crippen LogP contribution < -0.4 is 5.32 Å². The van der Waals surface area contributed by atoms with Gasteiger partial charge in [-0.15, -0.1) is 0 Å². The smallest absolute Gasteiger partial charge is 0.258 e. The highest BCUT2D eigenvalue weighted by molar-refractivity contribution is 7.89. The number of piperidine rings is 1. The molecule has 2 aromatic rings. The molecule has 10 heteroatoms.